The number of ether oxygens (including phenoxy) is 1. The summed E-state index contributed by atoms with van der Waals surface area (Å²) in [6.07, 6.45) is 0.404. The number of fused-ring (bicyclic) bond motifs is 1. The summed E-state index contributed by atoms with van der Waals surface area (Å²) in [5, 5.41) is 0. The lowest BCUT2D eigenvalue weighted by molar-refractivity contribution is -0.264. The molecule has 1 fully saturated rings. The van der Waals surface area contributed by atoms with Crippen LogP contribution in [0.2, 0.25) is 0 Å². The minimum Gasteiger partial charge on any atom is -0.459 e. The van der Waals surface area contributed by atoms with Crippen molar-refractivity contribution in [2.45, 2.75) is 127 Å². The molecule has 1 aliphatic heterocycles. The van der Waals surface area contributed by atoms with Gasteiger partial charge in [-0.05, 0) is 59.1 Å². The highest BCUT2D eigenvalue weighted by atomic mass is 16.6. The molecule has 0 aromatic heterocycles. The van der Waals surface area contributed by atoms with Gasteiger partial charge in [0.25, 0.3) is 0 Å². The highest BCUT2D eigenvalue weighted by Crippen LogP contribution is 2.83. The van der Waals surface area contributed by atoms with Crippen LogP contribution in [0.5, 0.6) is 0 Å². The van der Waals surface area contributed by atoms with Gasteiger partial charge in [-0.15, -0.1) is 0 Å². The quantitative estimate of drug-likeness (QED) is 0.295. The molecule has 3 atom stereocenters. The highest BCUT2D eigenvalue weighted by Gasteiger charge is 2.89. The molecule has 1 aromatic carbocycles. The van der Waals surface area contributed by atoms with E-state index in [1.54, 1.807) is 0 Å². The lowest BCUT2D eigenvalue weighted by atomic mass is 9.29. The zero-order valence-electron chi connectivity index (χ0n) is 26.8. The summed E-state index contributed by atoms with van der Waals surface area (Å²) in [5.41, 5.74) is -0.322. The molecule has 1 amide bonds. The van der Waals surface area contributed by atoms with E-state index in [2.05, 4.69) is 100 Å². The molecule has 2 aliphatic rings. The van der Waals surface area contributed by atoms with Crippen LogP contribution < -0.4 is 0 Å². The normalized spacial score (nSPS) is 26.4. The van der Waals surface area contributed by atoms with Crippen LogP contribution in [0.15, 0.2) is 41.5 Å². The van der Waals surface area contributed by atoms with Crippen LogP contribution in [0.25, 0.3) is 0 Å². The van der Waals surface area contributed by atoms with E-state index in [1.165, 1.54) is 5.57 Å². The average molecular weight is 524 g/mol. The Balaban J connectivity index is 2.57. The summed E-state index contributed by atoms with van der Waals surface area (Å²) in [5.74, 6) is -0.123. The Morgan fingerprint density at radius 2 is 1.24 bits per heavy atom. The maximum Gasteiger partial charge on any atom is 0.322 e. The molecule has 0 spiro atoms. The Labute approximate surface area is 232 Å². The molecule has 3 rings (SSSR count). The second kappa shape index (κ2) is 8.70. The second-order valence-corrected chi connectivity index (χ2v) is 16.8. The smallest absolute Gasteiger partial charge is 0.322 e. The summed E-state index contributed by atoms with van der Waals surface area (Å²) < 4.78 is 6.34. The summed E-state index contributed by atoms with van der Waals surface area (Å²) >= 11 is 0. The zero-order valence-corrected chi connectivity index (χ0v) is 26.8. The first kappa shape index (κ1) is 30.4. The maximum absolute atomic E-state index is 14.8. The van der Waals surface area contributed by atoms with Crippen LogP contribution in [-0.4, -0.2) is 27.9 Å². The van der Waals surface area contributed by atoms with Crippen LogP contribution in [0.4, 0.5) is 0 Å². The molecule has 0 unspecified atom stereocenters. The van der Waals surface area contributed by atoms with Crippen molar-refractivity contribution in [1.29, 1.82) is 0 Å². The Hall–Kier alpha value is -2.10. The number of carbonyl (C=O) groups is 2. The van der Waals surface area contributed by atoms with Gasteiger partial charge in [0.05, 0.1) is 11.6 Å². The molecule has 38 heavy (non-hydrogen) atoms. The minimum atomic E-state index is -0.992. The Kier molecular flexibility index (Phi) is 6.97. The molecular weight excluding hydrogens is 470 g/mol. The predicted octanol–water partition coefficient (Wildman–Crippen LogP) is 8.52. The number of likely N-dealkylation sites (tertiary alicyclic amines) is 1. The summed E-state index contributed by atoms with van der Waals surface area (Å²) in [7, 11) is 0. The van der Waals surface area contributed by atoms with Crippen molar-refractivity contribution in [3.63, 3.8) is 0 Å². The molecule has 0 radical (unpaired) electrons. The van der Waals surface area contributed by atoms with Gasteiger partial charge in [0.1, 0.15) is 11.0 Å². The van der Waals surface area contributed by atoms with Crippen molar-refractivity contribution in [3.05, 3.63) is 47.0 Å². The monoisotopic (exact) mass is 523 g/mol. The second-order valence-electron chi connectivity index (χ2n) is 16.8. The van der Waals surface area contributed by atoms with Gasteiger partial charge in [0.15, 0.2) is 0 Å². The van der Waals surface area contributed by atoms with Crippen molar-refractivity contribution in [2.24, 2.45) is 27.1 Å². The number of esters is 1. The van der Waals surface area contributed by atoms with Gasteiger partial charge in [0.2, 0.25) is 5.91 Å². The van der Waals surface area contributed by atoms with Crippen molar-refractivity contribution in [3.8, 4) is 0 Å². The maximum atomic E-state index is 14.8. The number of hydrogen-bond donors (Lipinski definition) is 0. The predicted molar refractivity (Wildman–Crippen MR) is 157 cm³/mol. The van der Waals surface area contributed by atoms with Gasteiger partial charge in [-0.2, -0.15) is 0 Å². The Morgan fingerprint density at radius 1 is 0.763 bits per heavy atom. The van der Waals surface area contributed by atoms with E-state index in [0.29, 0.717) is 6.42 Å². The van der Waals surface area contributed by atoms with Crippen LogP contribution in [0.1, 0.15) is 122 Å². The van der Waals surface area contributed by atoms with E-state index >= 15 is 0 Å². The number of nitrogens with zero attached hydrogens (tertiary/aromatic N) is 1. The molecule has 0 saturated carbocycles. The lowest BCUT2D eigenvalue weighted by Crippen LogP contribution is -2.91. The number of hydrogen-bond acceptors (Lipinski definition) is 3. The molecular formula is C34H53NO3. The molecule has 4 heteroatoms. The lowest BCUT2D eigenvalue weighted by Gasteiger charge is -2.83. The third kappa shape index (κ3) is 4.34. The number of rotatable bonds is 3. The van der Waals surface area contributed by atoms with Gasteiger partial charge in [-0.25, -0.2) is 0 Å². The molecule has 0 N–H and O–H groups in total. The third-order valence-corrected chi connectivity index (χ3v) is 7.98. The van der Waals surface area contributed by atoms with Crippen molar-refractivity contribution >= 4 is 11.9 Å². The SMILES string of the molecule is CC(C)(C)CC(=O)N1[C@H](c2ccccc2)[C@@]2(C(=O)OC(C)(C)C)C(C(C)(C)C)=C(C(C)(C)C)[C@@]12C(C)(C)C. The number of benzene rings is 1. The van der Waals surface area contributed by atoms with E-state index in [1.807, 2.05) is 39.0 Å². The molecule has 1 saturated heterocycles. The molecule has 1 aliphatic carbocycles. The largest absolute Gasteiger partial charge is 0.459 e. The molecule has 1 aromatic rings. The fraction of sp³-hybridized carbons (Fsp3) is 0.706. The first-order valence-corrected chi connectivity index (χ1v) is 14.2. The fourth-order valence-electron chi connectivity index (χ4n) is 7.50. The van der Waals surface area contributed by atoms with Crippen molar-refractivity contribution in [1.82, 2.24) is 4.90 Å². The van der Waals surface area contributed by atoms with Gasteiger partial charge in [-0.3, -0.25) is 9.59 Å². The third-order valence-electron chi connectivity index (χ3n) is 7.98. The molecule has 1 heterocycles. The molecule has 212 valence electrons. The standard InChI is InChI=1S/C34H53NO3/c1-28(2,3)21-23(36)35-26(22-19-17-16-18-20-22)33(27(37)38-32(13,14)15)24(29(4,5)6)25(30(7,8)9)34(33,35)31(10,11)12/h16-20,26H,21H2,1-15H3/t26-,33-,34+/m1/s1. The summed E-state index contributed by atoms with van der Waals surface area (Å²) in [6.45, 7) is 32.0. The van der Waals surface area contributed by atoms with Crippen molar-refractivity contribution < 1.29 is 14.3 Å². The molecule has 4 nitrogen and oxygen atoms in total. The number of carbonyl (C=O) groups excluding carboxylic acids is 2. The van der Waals surface area contributed by atoms with Crippen LogP contribution in [0.3, 0.4) is 0 Å². The zero-order chi connectivity index (χ0) is 29.5. The fourth-order valence-corrected chi connectivity index (χ4v) is 7.50. The first-order chi connectivity index (χ1) is 16.8. The highest BCUT2D eigenvalue weighted by molar-refractivity contribution is 5.98. The van der Waals surface area contributed by atoms with Crippen molar-refractivity contribution in [2.75, 3.05) is 0 Å². The van der Waals surface area contributed by atoms with E-state index in [0.717, 1.165) is 11.1 Å². The topological polar surface area (TPSA) is 46.6 Å². The average Bonchev–Trinajstić information content (AvgIpc) is 2.62. The van der Waals surface area contributed by atoms with E-state index in [9.17, 15) is 9.59 Å². The van der Waals surface area contributed by atoms with Crippen LogP contribution >= 0.6 is 0 Å². The van der Waals surface area contributed by atoms with E-state index in [4.69, 9.17) is 4.74 Å². The molecule has 0 bridgehead atoms. The summed E-state index contributed by atoms with van der Waals surface area (Å²) in [4.78, 5) is 31.4. The number of amides is 1. The van der Waals surface area contributed by atoms with Crippen LogP contribution in [0, 0.1) is 27.1 Å². The van der Waals surface area contributed by atoms with E-state index < -0.39 is 28.0 Å². The Bertz CT molecular complexity index is 1130. The van der Waals surface area contributed by atoms with E-state index in [-0.39, 0.29) is 28.1 Å². The van der Waals surface area contributed by atoms with Gasteiger partial charge < -0.3 is 9.64 Å². The minimum absolute atomic E-state index is 0.0928. The van der Waals surface area contributed by atoms with Gasteiger partial charge in [0, 0.05) is 6.42 Å². The van der Waals surface area contributed by atoms with Gasteiger partial charge >= 0.3 is 5.97 Å². The Morgan fingerprint density at radius 3 is 1.61 bits per heavy atom. The first-order valence-electron chi connectivity index (χ1n) is 14.2. The summed E-state index contributed by atoms with van der Waals surface area (Å²) in [6, 6.07) is 9.69. The van der Waals surface area contributed by atoms with Gasteiger partial charge in [-0.1, -0.05) is 113 Å². The van der Waals surface area contributed by atoms with Crippen LogP contribution in [-0.2, 0) is 14.3 Å².